The maximum atomic E-state index is 12.1. The maximum Gasteiger partial charge on any atom is 0.246 e. The third-order valence-electron chi connectivity index (χ3n) is 3.33. The maximum absolute atomic E-state index is 12.1. The van der Waals surface area contributed by atoms with E-state index in [1.165, 1.54) is 0 Å². The number of pyridine rings is 1. The van der Waals surface area contributed by atoms with Crippen LogP contribution in [0.4, 0.5) is 5.82 Å². The lowest BCUT2D eigenvalue weighted by atomic mass is 10.1. The fourth-order valence-corrected chi connectivity index (χ4v) is 1.94. The fraction of sp³-hybridized carbons (Fsp3) is 0.429. The Balaban J connectivity index is 2.01. The van der Waals surface area contributed by atoms with E-state index in [-0.39, 0.29) is 11.9 Å². The summed E-state index contributed by atoms with van der Waals surface area (Å²) in [5, 5.41) is 5.79. The molecule has 0 saturated heterocycles. The van der Waals surface area contributed by atoms with Crippen molar-refractivity contribution in [2.24, 2.45) is 11.5 Å². The van der Waals surface area contributed by atoms with Crippen molar-refractivity contribution < 1.29 is 4.79 Å². The quantitative estimate of drug-likeness (QED) is 0.634. The predicted molar refractivity (Wildman–Crippen MR) is 79.0 cm³/mol. The Hall–Kier alpha value is -1.92. The number of hydrogen-bond donors (Lipinski definition) is 4. The second kappa shape index (κ2) is 6.02. The molecule has 0 spiro atoms. The minimum Gasteiger partial charge on any atom is -0.401 e. The highest BCUT2D eigenvalue weighted by Gasteiger charge is 2.23. The Morgan fingerprint density at radius 2 is 2.25 bits per heavy atom. The number of aromatic nitrogens is 1. The topological polar surface area (TPSA) is 106 Å². The molecule has 6 N–H and O–H groups in total. The Bertz CT molecular complexity index is 509. The molecule has 108 valence electrons. The molecule has 1 aliphatic heterocycles. The summed E-state index contributed by atoms with van der Waals surface area (Å²) in [6.45, 7) is 4.68. The average molecular weight is 275 g/mol. The third-order valence-corrected chi connectivity index (χ3v) is 3.33. The van der Waals surface area contributed by atoms with E-state index in [0.717, 1.165) is 5.56 Å². The monoisotopic (exact) mass is 275 g/mol. The number of nitrogens with zero attached hydrogens (tertiary/aromatic N) is 1. The van der Waals surface area contributed by atoms with Gasteiger partial charge in [0.1, 0.15) is 11.9 Å². The number of carbonyl (C=O) groups excluding carboxylic acids is 1. The summed E-state index contributed by atoms with van der Waals surface area (Å²) in [5.74, 6) is 0.754. The minimum atomic E-state index is -0.471. The minimum absolute atomic E-state index is 0.190. The van der Waals surface area contributed by atoms with Gasteiger partial charge < -0.3 is 22.1 Å². The van der Waals surface area contributed by atoms with Crippen molar-refractivity contribution in [1.29, 1.82) is 0 Å². The standard InChI is InChI=1S/C14H21N5O/c1-8(2)9-3-4-13(18-6-9)19-14(20)12-5-10(15)11(16)7-17-12/h3-6,8,11-12,17H,7,15-16H2,1-2H3,(H,18,19,20). The lowest BCUT2D eigenvalue weighted by molar-refractivity contribution is -0.117. The zero-order valence-corrected chi connectivity index (χ0v) is 11.8. The molecule has 0 fully saturated rings. The second-order valence-electron chi connectivity index (χ2n) is 5.28. The number of amides is 1. The lowest BCUT2D eigenvalue weighted by Gasteiger charge is -2.24. The normalized spacial score (nSPS) is 22.5. The van der Waals surface area contributed by atoms with Crippen LogP contribution in [0.2, 0.25) is 0 Å². The van der Waals surface area contributed by atoms with E-state index < -0.39 is 6.04 Å². The first-order valence-corrected chi connectivity index (χ1v) is 6.70. The molecule has 2 heterocycles. The van der Waals surface area contributed by atoms with Gasteiger partial charge in [-0.15, -0.1) is 0 Å². The van der Waals surface area contributed by atoms with Crippen LogP contribution in [0, 0.1) is 0 Å². The van der Waals surface area contributed by atoms with E-state index in [4.69, 9.17) is 11.5 Å². The first-order chi connectivity index (χ1) is 9.47. The molecular formula is C14H21N5O. The van der Waals surface area contributed by atoms with Crippen molar-refractivity contribution in [3.05, 3.63) is 35.7 Å². The number of rotatable bonds is 3. The van der Waals surface area contributed by atoms with Crippen molar-refractivity contribution >= 4 is 11.7 Å². The molecule has 20 heavy (non-hydrogen) atoms. The lowest BCUT2D eigenvalue weighted by Crippen LogP contribution is -2.51. The SMILES string of the molecule is CC(C)c1ccc(NC(=O)C2C=C(N)C(N)CN2)nc1. The van der Waals surface area contributed by atoms with Gasteiger partial charge in [-0.3, -0.25) is 4.79 Å². The van der Waals surface area contributed by atoms with E-state index in [9.17, 15) is 4.79 Å². The van der Waals surface area contributed by atoms with Gasteiger partial charge in [-0.1, -0.05) is 19.9 Å². The molecule has 0 saturated carbocycles. The molecule has 6 nitrogen and oxygen atoms in total. The molecular weight excluding hydrogens is 254 g/mol. The molecule has 2 atom stereocenters. The van der Waals surface area contributed by atoms with Gasteiger partial charge in [0.05, 0.1) is 6.04 Å². The highest BCUT2D eigenvalue weighted by atomic mass is 16.2. The first kappa shape index (κ1) is 14.5. The fourth-order valence-electron chi connectivity index (χ4n) is 1.94. The van der Waals surface area contributed by atoms with Gasteiger partial charge >= 0.3 is 0 Å². The second-order valence-corrected chi connectivity index (χ2v) is 5.28. The summed E-state index contributed by atoms with van der Waals surface area (Å²) in [7, 11) is 0. The van der Waals surface area contributed by atoms with Gasteiger partial charge in [0, 0.05) is 18.4 Å². The number of anilines is 1. The van der Waals surface area contributed by atoms with Gasteiger partial charge in [-0.25, -0.2) is 4.98 Å². The van der Waals surface area contributed by atoms with Crippen LogP contribution in [-0.2, 0) is 4.79 Å². The van der Waals surface area contributed by atoms with Gasteiger partial charge in [0.2, 0.25) is 5.91 Å². The summed E-state index contributed by atoms with van der Waals surface area (Å²) in [6.07, 6.45) is 3.42. The van der Waals surface area contributed by atoms with Crippen molar-refractivity contribution in [2.45, 2.75) is 31.8 Å². The Morgan fingerprint density at radius 3 is 2.80 bits per heavy atom. The summed E-state index contributed by atoms with van der Waals surface area (Å²) in [6, 6.07) is 3.06. The van der Waals surface area contributed by atoms with Crippen LogP contribution in [0.5, 0.6) is 0 Å². The molecule has 1 aromatic heterocycles. The van der Waals surface area contributed by atoms with E-state index in [0.29, 0.717) is 24.0 Å². The zero-order chi connectivity index (χ0) is 14.7. The highest BCUT2D eigenvalue weighted by molar-refractivity contribution is 5.95. The molecule has 1 amide bonds. The largest absolute Gasteiger partial charge is 0.401 e. The highest BCUT2D eigenvalue weighted by Crippen LogP contribution is 2.14. The summed E-state index contributed by atoms with van der Waals surface area (Å²) in [5.41, 5.74) is 13.2. The third kappa shape index (κ3) is 3.34. The van der Waals surface area contributed by atoms with Crippen LogP contribution in [-0.4, -0.2) is 29.5 Å². The van der Waals surface area contributed by atoms with E-state index in [2.05, 4.69) is 29.5 Å². The van der Waals surface area contributed by atoms with Crippen LogP contribution in [0.3, 0.4) is 0 Å². The molecule has 0 aromatic carbocycles. The average Bonchev–Trinajstić information content (AvgIpc) is 2.42. The number of hydrogen-bond acceptors (Lipinski definition) is 5. The number of nitrogens with two attached hydrogens (primary N) is 2. The van der Waals surface area contributed by atoms with Gasteiger partial charge in [0.25, 0.3) is 0 Å². The predicted octanol–water partition coefficient (Wildman–Crippen LogP) is 0.285. The van der Waals surface area contributed by atoms with E-state index >= 15 is 0 Å². The van der Waals surface area contributed by atoms with Crippen LogP contribution in [0.25, 0.3) is 0 Å². The summed E-state index contributed by atoms with van der Waals surface area (Å²) in [4.78, 5) is 16.3. The smallest absolute Gasteiger partial charge is 0.246 e. The van der Waals surface area contributed by atoms with Crippen molar-refractivity contribution in [1.82, 2.24) is 10.3 Å². The van der Waals surface area contributed by atoms with Gasteiger partial charge in [-0.2, -0.15) is 0 Å². The molecule has 2 unspecified atom stereocenters. The molecule has 2 rings (SSSR count). The first-order valence-electron chi connectivity index (χ1n) is 6.70. The van der Waals surface area contributed by atoms with Crippen LogP contribution >= 0.6 is 0 Å². The summed E-state index contributed by atoms with van der Waals surface area (Å²) >= 11 is 0. The number of carbonyl (C=O) groups is 1. The number of nitrogens with one attached hydrogen (secondary N) is 2. The van der Waals surface area contributed by atoms with Crippen LogP contribution in [0.15, 0.2) is 30.1 Å². The molecule has 1 aliphatic rings. The zero-order valence-electron chi connectivity index (χ0n) is 11.8. The van der Waals surface area contributed by atoms with Crippen molar-refractivity contribution in [2.75, 3.05) is 11.9 Å². The van der Waals surface area contributed by atoms with Crippen LogP contribution in [0.1, 0.15) is 25.3 Å². The Morgan fingerprint density at radius 1 is 1.50 bits per heavy atom. The van der Waals surface area contributed by atoms with Gasteiger partial charge in [0.15, 0.2) is 0 Å². The van der Waals surface area contributed by atoms with E-state index in [1.54, 1.807) is 18.3 Å². The molecule has 0 aliphatic carbocycles. The Labute approximate surface area is 118 Å². The van der Waals surface area contributed by atoms with Crippen molar-refractivity contribution in [3.8, 4) is 0 Å². The van der Waals surface area contributed by atoms with Crippen LogP contribution < -0.4 is 22.1 Å². The molecule has 0 radical (unpaired) electrons. The van der Waals surface area contributed by atoms with Crippen molar-refractivity contribution in [3.63, 3.8) is 0 Å². The summed E-state index contributed by atoms with van der Waals surface area (Å²) < 4.78 is 0. The molecule has 6 heteroatoms. The van der Waals surface area contributed by atoms with E-state index in [1.807, 2.05) is 6.07 Å². The van der Waals surface area contributed by atoms with Gasteiger partial charge in [-0.05, 0) is 23.6 Å². The molecule has 1 aromatic rings. The molecule has 0 bridgehead atoms. The Kier molecular flexibility index (Phi) is 4.36.